The highest BCUT2D eigenvalue weighted by atomic mass is 16.5. The van der Waals surface area contributed by atoms with Gasteiger partial charge in [0.25, 0.3) is 0 Å². The topological polar surface area (TPSA) is 88.7 Å². The van der Waals surface area contributed by atoms with Crippen molar-refractivity contribution in [2.45, 2.75) is 33.7 Å². The molecule has 0 bridgehead atoms. The highest BCUT2D eigenvalue weighted by Crippen LogP contribution is 2.11. The number of carbonyl (C=O) groups excluding carboxylic acids is 1. The molecule has 4 N–H and O–H groups in total. The van der Waals surface area contributed by atoms with E-state index in [4.69, 9.17) is 10.5 Å². The highest BCUT2D eigenvalue weighted by Gasteiger charge is 2.20. The predicted molar refractivity (Wildman–Crippen MR) is 73.4 cm³/mol. The molecule has 0 aromatic heterocycles. The number of carbonyl (C=O) groups is 1. The SMILES string of the molecule is COCC(C)NC(N)=NCCNC(=O)C(C)(C)C. The molecular weight excluding hydrogens is 232 g/mol. The second-order valence-corrected chi connectivity index (χ2v) is 5.27. The van der Waals surface area contributed by atoms with E-state index in [1.807, 2.05) is 27.7 Å². The minimum absolute atomic E-state index is 0.0111. The molecule has 0 aromatic rings. The monoisotopic (exact) mass is 258 g/mol. The molecule has 18 heavy (non-hydrogen) atoms. The Labute approximate surface area is 109 Å². The van der Waals surface area contributed by atoms with Gasteiger partial charge < -0.3 is 21.1 Å². The first-order valence-corrected chi connectivity index (χ1v) is 6.11. The van der Waals surface area contributed by atoms with Crippen molar-refractivity contribution in [1.29, 1.82) is 0 Å². The average molecular weight is 258 g/mol. The number of ether oxygens (including phenoxy) is 1. The van der Waals surface area contributed by atoms with Gasteiger partial charge in [0.15, 0.2) is 5.96 Å². The van der Waals surface area contributed by atoms with Crippen molar-refractivity contribution in [3.63, 3.8) is 0 Å². The molecular formula is C12H26N4O2. The van der Waals surface area contributed by atoms with E-state index in [1.165, 1.54) is 0 Å². The summed E-state index contributed by atoms with van der Waals surface area (Å²) < 4.78 is 4.97. The molecule has 106 valence electrons. The van der Waals surface area contributed by atoms with Crippen LogP contribution < -0.4 is 16.4 Å². The van der Waals surface area contributed by atoms with Crippen molar-refractivity contribution in [2.75, 3.05) is 26.8 Å². The van der Waals surface area contributed by atoms with Crippen molar-refractivity contribution >= 4 is 11.9 Å². The largest absolute Gasteiger partial charge is 0.383 e. The van der Waals surface area contributed by atoms with E-state index in [-0.39, 0.29) is 17.4 Å². The van der Waals surface area contributed by atoms with E-state index in [9.17, 15) is 4.79 Å². The zero-order chi connectivity index (χ0) is 14.2. The van der Waals surface area contributed by atoms with Crippen LogP contribution in [0.3, 0.4) is 0 Å². The lowest BCUT2D eigenvalue weighted by Gasteiger charge is -2.17. The highest BCUT2D eigenvalue weighted by molar-refractivity contribution is 5.81. The van der Waals surface area contributed by atoms with E-state index in [2.05, 4.69) is 15.6 Å². The van der Waals surface area contributed by atoms with Gasteiger partial charge in [0, 0.05) is 25.1 Å². The molecule has 0 fully saturated rings. The van der Waals surface area contributed by atoms with E-state index in [0.29, 0.717) is 25.7 Å². The molecule has 0 radical (unpaired) electrons. The van der Waals surface area contributed by atoms with Gasteiger partial charge in [-0.15, -0.1) is 0 Å². The Balaban J connectivity index is 3.85. The Hall–Kier alpha value is -1.30. The van der Waals surface area contributed by atoms with Crippen LogP contribution in [0, 0.1) is 5.41 Å². The molecule has 0 aliphatic carbocycles. The normalized spacial score (nSPS) is 14.2. The molecule has 0 saturated heterocycles. The van der Waals surface area contributed by atoms with Gasteiger partial charge in [-0.2, -0.15) is 0 Å². The summed E-state index contributed by atoms with van der Waals surface area (Å²) >= 11 is 0. The van der Waals surface area contributed by atoms with Crippen LogP contribution in [-0.2, 0) is 9.53 Å². The number of nitrogens with one attached hydrogen (secondary N) is 2. The Morgan fingerprint density at radius 1 is 1.44 bits per heavy atom. The van der Waals surface area contributed by atoms with Crippen molar-refractivity contribution in [3.05, 3.63) is 0 Å². The number of nitrogens with two attached hydrogens (primary N) is 1. The third-order valence-corrected chi connectivity index (χ3v) is 2.17. The fraction of sp³-hybridized carbons (Fsp3) is 0.833. The van der Waals surface area contributed by atoms with Crippen LogP contribution >= 0.6 is 0 Å². The number of hydrogen-bond acceptors (Lipinski definition) is 3. The van der Waals surface area contributed by atoms with Gasteiger partial charge in [-0.3, -0.25) is 9.79 Å². The lowest BCUT2D eigenvalue weighted by molar-refractivity contribution is -0.128. The molecule has 6 nitrogen and oxygen atoms in total. The van der Waals surface area contributed by atoms with Gasteiger partial charge in [0.05, 0.1) is 13.2 Å². The summed E-state index contributed by atoms with van der Waals surface area (Å²) in [4.78, 5) is 15.7. The molecule has 0 heterocycles. The maximum absolute atomic E-state index is 11.5. The van der Waals surface area contributed by atoms with E-state index in [1.54, 1.807) is 7.11 Å². The van der Waals surface area contributed by atoms with Crippen LogP contribution in [0.4, 0.5) is 0 Å². The van der Waals surface area contributed by atoms with Crippen molar-refractivity contribution < 1.29 is 9.53 Å². The summed E-state index contributed by atoms with van der Waals surface area (Å²) in [5.74, 6) is 0.376. The number of amides is 1. The second-order valence-electron chi connectivity index (χ2n) is 5.27. The zero-order valence-corrected chi connectivity index (χ0v) is 12.0. The first-order chi connectivity index (χ1) is 8.27. The van der Waals surface area contributed by atoms with Gasteiger partial charge >= 0.3 is 0 Å². The Kier molecular flexibility index (Phi) is 7.35. The molecule has 0 saturated carbocycles. The minimum Gasteiger partial charge on any atom is -0.383 e. The number of hydrogen-bond donors (Lipinski definition) is 3. The van der Waals surface area contributed by atoms with Crippen molar-refractivity contribution in [3.8, 4) is 0 Å². The van der Waals surface area contributed by atoms with Crippen LogP contribution in [0.15, 0.2) is 4.99 Å². The summed E-state index contributed by atoms with van der Waals surface area (Å²) in [6.45, 7) is 9.07. The van der Waals surface area contributed by atoms with Gasteiger partial charge in [-0.1, -0.05) is 20.8 Å². The molecule has 0 rings (SSSR count). The standard InChI is InChI=1S/C12H26N4O2/c1-9(8-18-5)16-11(13)15-7-6-14-10(17)12(2,3)4/h9H,6-8H2,1-5H3,(H,14,17)(H3,13,15,16). The lowest BCUT2D eigenvalue weighted by atomic mass is 9.96. The summed E-state index contributed by atoms with van der Waals surface area (Å²) in [5, 5.41) is 5.79. The lowest BCUT2D eigenvalue weighted by Crippen LogP contribution is -2.41. The summed E-state index contributed by atoms with van der Waals surface area (Å²) in [6.07, 6.45) is 0. The zero-order valence-electron chi connectivity index (χ0n) is 12.0. The number of guanidine groups is 1. The first kappa shape index (κ1) is 16.7. The predicted octanol–water partition coefficient (Wildman–Crippen LogP) is 0.0879. The average Bonchev–Trinajstić information content (AvgIpc) is 2.22. The van der Waals surface area contributed by atoms with Gasteiger partial charge in [-0.25, -0.2) is 0 Å². The number of nitrogens with zero attached hydrogens (tertiary/aromatic N) is 1. The van der Waals surface area contributed by atoms with Crippen molar-refractivity contribution in [1.82, 2.24) is 10.6 Å². The van der Waals surface area contributed by atoms with Crippen LogP contribution in [0.5, 0.6) is 0 Å². The summed E-state index contributed by atoms with van der Waals surface area (Å²) in [5.41, 5.74) is 5.30. The Morgan fingerprint density at radius 2 is 2.06 bits per heavy atom. The molecule has 1 atom stereocenters. The van der Waals surface area contributed by atoms with Gasteiger partial charge in [-0.05, 0) is 6.92 Å². The molecule has 0 spiro atoms. The smallest absolute Gasteiger partial charge is 0.225 e. The van der Waals surface area contributed by atoms with E-state index < -0.39 is 0 Å². The quantitative estimate of drug-likeness (QED) is 0.358. The summed E-state index contributed by atoms with van der Waals surface area (Å²) in [6, 6.07) is 0.114. The van der Waals surface area contributed by atoms with Gasteiger partial charge in [0.1, 0.15) is 0 Å². The second kappa shape index (κ2) is 7.92. The molecule has 1 amide bonds. The van der Waals surface area contributed by atoms with Gasteiger partial charge in [0.2, 0.25) is 5.91 Å². The van der Waals surface area contributed by atoms with Crippen LogP contribution in [0.2, 0.25) is 0 Å². The minimum atomic E-state index is -0.375. The first-order valence-electron chi connectivity index (χ1n) is 6.11. The molecule has 1 unspecified atom stereocenters. The third kappa shape index (κ3) is 7.89. The van der Waals surface area contributed by atoms with Crippen LogP contribution in [-0.4, -0.2) is 44.7 Å². The number of methoxy groups -OCH3 is 1. The van der Waals surface area contributed by atoms with E-state index in [0.717, 1.165) is 0 Å². The van der Waals surface area contributed by atoms with Crippen LogP contribution in [0.1, 0.15) is 27.7 Å². The molecule has 0 aliphatic rings. The molecule has 6 heteroatoms. The Morgan fingerprint density at radius 3 is 2.56 bits per heavy atom. The summed E-state index contributed by atoms with van der Waals surface area (Å²) in [7, 11) is 1.63. The molecule has 0 aliphatic heterocycles. The number of aliphatic imine (C=N–C) groups is 1. The fourth-order valence-corrected chi connectivity index (χ4v) is 1.20. The van der Waals surface area contributed by atoms with Crippen molar-refractivity contribution in [2.24, 2.45) is 16.1 Å². The third-order valence-electron chi connectivity index (χ3n) is 2.17. The van der Waals surface area contributed by atoms with Crippen LogP contribution in [0.25, 0.3) is 0 Å². The van der Waals surface area contributed by atoms with E-state index >= 15 is 0 Å². The number of rotatable bonds is 6. The Bertz CT molecular complexity index is 284. The maximum atomic E-state index is 11.5. The maximum Gasteiger partial charge on any atom is 0.225 e. The fourth-order valence-electron chi connectivity index (χ4n) is 1.20. The molecule has 0 aromatic carbocycles.